The van der Waals surface area contributed by atoms with Crippen molar-refractivity contribution in [2.75, 3.05) is 0 Å². The van der Waals surface area contributed by atoms with Crippen molar-refractivity contribution in [1.29, 1.82) is 0 Å². The number of rotatable bonds is 4. The Morgan fingerprint density at radius 1 is 1.32 bits per heavy atom. The standard InChI is InChI=1S/C13H13F3N2O5S2/c14-13(15,16)23-9-4-3-5-10(8-9)25(21,22)11(18-17)12(24(19)20)6-1-2-7-12/h3-5,8H,1-2,6-7H2,(H,19,20). The van der Waals surface area contributed by atoms with Gasteiger partial charge in [0, 0.05) is 0 Å². The van der Waals surface area contributed by atoms with Crippen molar-refractivity contribution in [3.8, 4) is 5.75 Å². The number of hydrogen-bond donors (Lipinski definition) is 1. The first-order chi connectivity index (χ1) is 11.5. The SMILES string of the molecule is [N-]=[N+]=C(C1(S(=O)O)CCCC1)S(=O)(=O)c1cccc(OC(F)(F)F)c1. The van der Waals surface area contributed by atoms with Gasteiger partial charge in [-0.2, -0.15) is 4.79 Å². The summed E-state index contributed by atoms with van der Waals surface area (Å²) < 4.78 is 85.5. The second-order valence-corrected chi connectivity index (χ2v) is 8.53. The third-order valence-corrected chi connectivity index (χ3v) is 7.09. The minimum atomic E-state index is -5.02. The van der Waals surface area contributed by atoms with Crippen LogP contribution in [0.2, 0.25) is 0 Å². The van der Waals surface area contributed by atoms with E-state index >= 15 is 0 Å². The Balaban J connectivity index is 2.52. The highest BCUT2D eigenvalue weighted by atomic mass is 32.2. The lowest BCUT2D eigenvalue weighted by Crippen LogP contribution is -2.45. The van der Waals surface area contributed by atoms with Gasteiger partial charge < -0.3 is 14.8 Å². The quantitative estimate of drug-likeness (QED) is 0.275. The molecule has 0 radical (unpaired) electrons. The van der Waals surface area contributed by atoms with E-state index in [9.17, 15) is 35.9 Å². The summed E-state index contributed by atoms with van der Waals surface area (Å²) in [7, 11) is -4.62. The minimum absolute atomic E-state index is 0.00647. The molecule has 1 aliphatic rings. The Labute approximate surface area is 143 Å². The van der Waals surface area contributed by atoms with Gasteiger partial charge >= 0.3 is 11.4 Å². The average Bonchev–Trinajstić information content (AvgIpc) is 2.97. The molecule has 0 saturated heterocycles. The number of halogens is 3. The van der Waals surface area contributed by atoms with Crippen LogP contribution in [0.1, 0.15) is 25.7 Å². The van der Waals surface area contributed by atoms with Crippen LogP contribution in [0, 0.1) is 0 Å². The molecule has 1 aromatic carbocycles. The molecule has 1 saturated carbocycles. The maximum atomic E-state index is 12.7. The Morgan fingerprint density at radius 2 is 1.92 bits per heavy atom. The second kappa shape index (κ2) is 6.87. The number of hydrogen-bond acceptors (Lipinski definition) is 4. The van der Waals surface area contributed by atoms with Gasteiger partial charge in [0.2, 0.25) is 0 Å². The average molecular weight is 398 g/mol. The summed E-state index contributed by atoms with van der Waals surface area (Å²) in [6.07, 6.45) is -4.15. The summed E-state index contributed by atoms with van der Waals surface area (Å²) in [5.41, 5.74) is 9.21. The van der Waals surface area contributed by atoms with Gasteiger partial charge in [0.1, 0.15) is 5.75 Å². The van der Waals surface area contributed by atoms with Crippen molar-refractivity contribution in [2.24, 2.45) is 0 Å². The fraction of sp³-hybridized carbons (Fsp3) is 0.462. The summed E-state index contributed by atoms with van der Waals surface area (Å²) in [6.45, 7) is 0. The summed E-state index contributed by atoms with van der Waals surface area (Å²) in [4.78, 5) is 2.09. The molecule has 1 N–H and O–H groups in total. The third kappa shape index (κ3) is 3.92. The van der Waals surface area contributed by atoms with Crippen LogP contribution in [0.4, 0.5) is 13.2 Å². The highest BCUT2D eigenvalue weighted by molar-refractivity contribution is 8.08. The predicted molar refractivity (Wildman–Crippen MR) is 80.9 cm³/mol. The van der Waals surface area contributed by atoms with E-state index < -0.39 is 47.7 Å². The highest BCUT2D eigenvalue weighted by Gasteiger charge is 2.57. The number of benzene rings is 1. The summed E-state index contributed by atoms with van der Waals surface area (Å²) in [6, 6.07) is 3.50. The first kappa shape index (κ1) is 19.6. The van der Waals surface area contributed by atoms with E-state index in [2.05, 4.69) is 9.53 Å². The van der Waals surface area contributed by atoms with E-state index in [1.807, 2.05) is 0 Å². The minimum Gasteiger partial charge on any atom is -0.406 e. The number of nitrogens with zero attached hydrogens (tertiary/aromatic N) is 2. The molecule has 1 unspecified atom stereocenters. The zero-order valence-corrected chi connectivity index (χ0v) is 14.2. The lowest BCUT2D eigenvalue weighted by molar-refractivity contribution is -0.274. The summed E-state index contributed by atoms with van der Waals surface area (Å²) in [5, 5.41) is -0.942. The molecule has 1 fully saturated rings. The summed E-state index contributed by atoms with van der Waals surface area (Å²) >= 11 is -2.65. The molecule has 0 amide bonds. The van der Waals surface area contributed by atoms with Crippen LogP contribution in [-0.2, 0) is 20.9 Å². The van der Waals surface area contributed by atoms with Crippen LogP contribution in [0.15, 0.2) is 29.2 Å². The molecule has 0 aromatic heterocycles. The van der Waals surface area contributed by atoms with Gasteiger partial charge in [-0.15, -0.1) is 13.2 Å². The van der Waals surface area contributed by atoms with Crippen molar-refractivity contribution >= 4 is 26.0 Å². The molecule has 0 bridgehead atoms. The Bertz CT molecular complexity index is 841. The van der Waals surface area contributed by atoms with Crippen molar-refractivity contribution in [3.63, 3.8) is 0 Å². The van der Waals surface area contributed by atoms with Crippen LogP contribution in [0.25, 0.3) is 5.53 Å². The van der Waals surface area contributed by atoms with Crippen LogP contribution in [0.3, 0.4) is 0 Å². The fourth-order valence-electron chi connectivity index (χ4n) is 2.75. The van der Waals surface area contributed by atoms with Gasteiger partial charge in [-0.3, -0.25) is 0 Å². The highest BCUT2D eigenvalue weighted by Crippen LogP contribution is 2.38. The molecule has 0 aliphatic heterocycles. The monoisotopic (exact) mass is 398 g/mol. The molecule has 1 aromatic rings. The molecule has 1 aliphatic carbocycles. The van der Waals surface area contributed by atoms with Crippen LogP contribution < -0.4 is 4.74 Å². The third-order valence-electron chi connectivity index (χ3n) is 3.83. The molecular weight excluding hydrogens is 385 g/mol. The van der Waals surface area contributed by atoms with E-state index in [4.69, 9.17) is 0 Å². The van der Waals surface area contributed by atoms with E-state index in [1.54, 1.807) is 0 Å². The molecule has 0 heterocycles. The Hall–Kier alpha value is -1.75. The summed E-state index contributed by atoms with van der Waals surface area (Å²) in [5.74, 6) is -0.781. The smallest absolute Gasteiger partial charge is 0.406 e. The zero-order chi connectivity index (χ0) is 18.9. The number of alkyl halides is 3. The van der Waals surface area contributed by atoms with Crippen molar-refractivity contribution in [2.45, 2.75) is 41.7 Å². The molecule has 25 heavy (non-hydrogen) atoms. The first-order valence-electron chi connectivity index (χ1n) is 6.97. The molecule has 1 atom stereocenters. The van der Waals surface area contributed by atoms with Gasteiger partial charge in [0.15, 0.2) is 15.8 Å². The van der Waals surface area contributed by atoms with Gasteiger partial charge in [-0.25, -0.2) is 12.6 Å². The normalized spacial score (nSPS) is 18.4. The van der Waals surface area contributed by atoms with Crippen molar-refractivity contribution < 1.29 is 39.9 Å². The van der Waals surface area contributed by atoms with E-state index in [0.29, 0.717) is 18.9 Å². The lowest BCUT2D eigenvalue weighted by atomic mass is 10.1. The molecule has 12 heteroatoms. The van der Waals surface area contributed by atoms with E-state index in [-0.39, 0.29) is 12.8 Å². The van der Waals surface area contributed by atoms with Crippen LogP contribution >= 0.6 is 0 Å². The van der Waals surface area contributed by atoms with Gasteiger partial charge in [-0.05, 0) is 31.0 Å². The van der Waals surface area contributed by atoms with Crippen LogP contribution in [-0.4, -0.2) is 38.1 Å². The van der Waals surface area contributed by atoms with Crippen molar-refractivity contribution in [3.05, 3.63) is 29.8 Å². The molecule has 0 spiro atoms. The largest absolute Gasteiger partial charge is 0.573 e. The Morgan fingerprint density at radius 3 is 2.40 bits per heavy atom. The van der Waals surface area contributed by atoms with Gasteiger partial charge in [0.05, 0.1) is 4.90 Å². The fourth-order valence-corrected chi connectivity index (χ4v) is 5.67. The van der Waals surface area contributed by atoms with Crippen molar-refractivity contribution in [1.82, 2.24) is 0 Å². The zero-order valence-electron chi connectivity index (χ0n) is 12.6. The molecule has 7 nitrogen and oxygen atoms in total. The topological polar surface area (TPSA) is 117 Å². The maximum Gasteiger partial charge on any atom is 0.573 e. The van der Waals surface area contributed by atoms with E-state index in [1.165, 1.54) is 0 Å². The van der Waals surface area contributed by atoms with Gasteiger partial charge in [-0.1, -0.05) is 18.9 Å². The van der Waals surface area contributed by atoms with E-state index in [0.717, 1.165) is 18.2 Å². The first-order valence-corrected chi connectivity index (χ1v) is 9.56. The number of sulfone groups is 1. The number of ether oxygens (including phenoxy) is 1. The molecule has 2 rings (SSSR count). The maximum absolute atomic E-state index is 12.7. The van der Waals surface area contributed by atoms with Gasteiger partial charge in [0.25, 0.3) is 9.84 Å². The Kier molecular flexibility index (Phi) is 5.38. The van der Waals surface area contributed by atoms with Crippen LogP contribution in [0.5, 0.6) is 5.75 Å². The predicted octanol–water partition coefficient (Wildman–Crippen LogP) is 2.52. The molecule has 138 valence electrons. The second-order valence-electron chi connectivity index (χ2n) is 5.38. The molecular formula is C13H13F3N2O5S2. The lowest BCUT2D eigenvalue weighted by Gasteiger charge is -2.19.